The van der Waals surface area contributed by atoms with Gasteiger partial charge in [0, 0.05) is 33.0 Å². The first-order valence-corrected chi connectivity index (χ1v) is 20.0. The van der Waals surface area contributed by atoms with Crippen LogP contribution >= 0.6 is 0 Å². The fraction of sp³-hybridized carbons (Fsp3) is 0.200. The number of nitrogens with zero attached hydrogens (tertiary/aromatic N) is 4. The largest absolute Gasteiger partial charge is 0.456 e. The first-order chi connectivity index (χ1) is 27.7. The van der Waals surface area contributed by atoms with Crippen LogP contribution in [0.15, 0.2) is 149 Å². The lowest BCUT2D eigenvalue weighted by molar-refractivity contribution is -0.00277. The summed E-state index contributed by atoms with van der Waals surface area (Å²) in [6.45, 7) is 0. The molecule has 3 heterocycles. The second-order valence-electron chi connectivity index (χ2n) is 16.3. The zero-order chi connectivity index (χ0) is 36.7. The van der Waals surface area contributed by atoms with Crippen molar-refractivity contribution in [2.45, 2.75) is 38.0 Å². The summed E-state index contributed by atoms with van der Waals surface area (Å²) in [5.41, 5.74) is 11.5. The molecule has 9 aromatic rings. The first-order valence-electron chi connectivity index (χ1n) is 20.0. The maximum atomic E-state index is 6.24. The normalized spacial score (nSPS) is 21.4. The summed E-state index contributed by atoms with van der Waals surface area (Å²) in [4.78, 5) is 20.1. The number of oxazole rings is 1. The van der Waals surface area contributed by atoms with Gasteiger partial charge in [-0.15, -0.1) is 0 Å². The smallest absolute Gasteiger partial charge is 0.182 e. The fourth-order valence-electron chi connectivity index (χ4n) is 10.8. The molecule has 3 aromatic heterocycles. The summed E-state index contributed by atoms with van der Waals surface area (Å²) in [5, 5.41) is 2.19. The van der Waals surface area contributed by atoms with Gasteiger partial charge in [0.25, 0.3) is 0 Å². The molecular weight excluding hydrogens is 689 g/mol. The van der Waals surface area contributed by atoms with Crippen LogP contribution in [0.5, 0.6) is 0 Å². The van der Waals surface area contributed by atoms with E-state index in [0.29, 0.717) is 34.5 Å². The number of aromatic nitrogens is 4. The Morgan fingerprint density at radius 2 is 1.05 bits per heavy atom. The molecule has 0 atom stereocenters. The third-order valence-electron chi connectivity index (χ3n) is 13.1. The van der Waals surface area contributed by atoms with Crippen LogP contribution in [0.1, 0.15) is 43.6 Å². The highest BCUT2D eigenvalue weighted by molar-refractivity contribution is 6.07. The lowest BCUT2D eigenvalue weighted by Gasteiger charge is -2.54. The molecule has 0 saturated heterocycles. The van der Waals surface area contributed by atoms with Crippen LogP contribution in [-0.2, 0) is 0 Å². The van der Waals surface area contributed by atoms with Crippen LogP contribution in [0.3, 0.4) is 0 Å². The Morgan fingerprint density at radius 3 is 1.80 bits per heavy atom. The molecule has 4 aliphatic carbocycles. The minimum atomic E-state index is 0.556. The van der Waals surface area contributed by atoms with Crippen LogP contribution in [0.4, 0.5) is 0 Å². The minimum Gasteiger partial charge on any atom is -0.456 e. The van der Waals surface area contributed by atoms with Gasteiger partial charge in [0.2, 0.25) is 0 Å². The SMILES string of the molecule is c1ccc(-c2ccc(-c3nc(-c4ccc(C5C6CC7CC(C6)CC5C7)cc4)nc(-c4ccc(-c5ccc6c(c5)oc5ccccc56)c5ocnc45)n3)cc2)cc1. The predicted octanol–water partition coefficient (Wildman–Crippen LogP) is 12.8. The Labute approximate surface area is 324 Å². The Hall–Kier alpha value is -6.40. The summed E-state index contributed by atoms with van der Waals surface area (Å²) in [7, 11) is 0. The van der Waals surface area contributed by atoms with Gasteiger partial charge in [-0.1, -0.05) is 103 Å². The average molecular weight is 727 g/mol. The van der Waals surface area contributed by atoms with Crippen molar-refractivity contribution in [3.05, 3.63) is 145 Å². The highest BCUT2D eigenvalue weighted by Gasteiger charge is 2.48. The van der Waals surface area contributed by atoms with Crippen molar-refractivity contribution in [3.8, 4) is 56.4 Å². The third kappa shape index (κ3) is 5.23. The van der Waals surface area contributed by atoms with E-state index in [9.17, 15) is 0 Å². The number of benzene rings is 6. The van der Waals surface area contributed by atoms with Gasteiger partial charge in [-0.3, -0.25) is 0 Å². The summed E-state index contributed by atoms with van der Waals surface area (Å²) in [6, 6.07) is 46.6. The van der Waals surface area contributed by atoms with Gasteiger partial charge >= 0.3 is 0 Å². The zero-order valence-electron chi connectivity index (χ0n) is 30.8. The molecule has 6 aromatic carbocycles. The molecule has 0 aliphatic heterocycles. The molecule has 56 heavy (non-hydrogen) atoms. The second kappa shape index (κ2) is 12.6. The van der Waals surface area contributed by atoms with Gasteiger partial charge in [-0.25, -0.2) is 19.9 Å². The van der Waals surface area contributed by atoms with Crippen molar-refractivity contribution in [1.29, 1.82) is 0 Å². The maximum absolute atomic E-state index is 6.24. The predicted molar refractivity (Wildman–Crippen MR) is 222 cm³/mol. The summed E-state index contributed by atoms with van der Waals surface area (Å²) < 4.78 is 12.4. The van der Waals surface area contributed by atoms with Crippen LogP contribution < -0.4 is 0 Å². The van der Waals surface area contributed by atoms with E-state index in [2.05, 4.69) is 109 Å². The highest BCUT2D eigenvalue weighted by atomic mass is 16.3. The van der Waals surface area contributed by atoms with E-state index in [1.165, 1.54) is 49.6 Å². The molecule has 4 fully saturated rings. The Morgan fingerprint density at radius 1 is 0.464 bits per heavy atom. The van der Waals surface area contributed by atoms with Crippen molar-refractivity contribution in [2.75, 3.05) is 0 Å². The topological polar surface area (TPSA) is 77.8 Å². The molecular formula is C50H38N4O2. The summed E-state index contributed by atoms with van der Waals surface area (Å²) in [6.07, 6.45) is 8.61. The van der Waals surface area contributed by atoms with Gasteiger partial charge in [0.05, 0.1) is 0 Å². The standard InChI is InChI=1S/C50H38N4O2/c1-2-6-31(7-3-1)32-10-14-34(15-11-32)48-52-49(35-16-12-33(13-17-35)45-37-23-29-22-30(25-37)26-38(45)24-29)54-50(53-48)42-21-20-39(47-46(42)51-28-55-47)36-18-19-41-40-8-4-5-9-43(40)56-44(41)27-36/h1-21,27-30,37-38,45H,22-26H2. The molecule has 0 spiro atoms. The molecule has 6 heteroatoms. The van der Waals surface area contributed by atoms with E-state index in [4.69, 9.17) is 28.8 Å². The molecule has 4 bridgehead atoms. The number of rotatable bonds is 6. The lowest BCUT2D eigenvalue weighted by Crippen LogP contribution is -2.43. The molecule has 270 valence electrons. The van der Waals surface area contributed by atoms with Crippen molar-refractivity contribution < 1.29 is 8.83 Å². The lowest BCUT2D eigenvalue weighted by atomic mass is 9.51. The zero-order valence-corrected chi connectivity index (χ0v) is 30.8. The van der Waals surface area contributed by atoms with Crippen LogP contribution in [0.25, 0.3) is 89.5 Å². The van der Waals surface area contributed by atoms with Gasteiger partial charge in [0.15, 0.2) is 29.4 Å². The number of para-hydroxylation sites is 1. The maximum Gasteiger partial charge on any atom is 0.182 e. The molecule has 6 nitrogen and oxygen atoms in total. The van der Waals surface area contributed by atoms with E-state index >= 15 is 0 Å². The van der Waals surface area contributed by atoms with E-state index in [1.807, 2.05) is 24.3 Å². The van der Waals surface area contributed by atoms with E-state index < -0.39 is 0 Å². The van der Waals surface area contributed by atoms with Crippen molar-refractivity contribution in [3.63, 3.8) is 0 Å². The summed E-state index contributed by atoms with van der Waals surface area (Å²) >= 11 is 0. The van der Waals surface area contributed by atoms with E-state index in [-0.39, 0.29) is 0 Å². The number of hydrogen-bond acceptors (Lipinski definition) is 6. The Kier molecular flexibility index (Phi) is 7.16. The summed E-state index contributed by atoms with van der Waals surface area (Å²) in [5.74, 6) is 6.08. The van der Waals surface area contributed by atoms with Crippen LogP contribution in [0, 0.1) is 23.7 Å². The molecule has 4 aliphatic rings. The van der Waals surface area contributed by atoms with Crippen LogP contribution in [-0.4, -0.2) is 19.9 Å². The number of furan rings is 1. The van der Waals surface area contributed by atoms with Crippen molar-refractivity contribution in [1.82, 2.24) is 19.9 Å². The minimum absolute atomic E-state index is 0.556. The van der Waals surface area contributed by atoms with E-state index in [1.54, 1.807) is 0 Å². The monoisotopic (exact) mass is 726 g/mol. The molecule has 0 amide bonds. The van der Waals surface area contributed by atoms with E-state index in [0.717, 1.165) is 79.0 Å². The third-order valence-corrected chi connectivity index (χ3v) is 13.1. The highest BCUT2D eigenvalue weighted by Crippen LogP contribution is 2.59. The average Bonchev–Trinajstić information content (AvgIpc) is 3.89. The van der Waals surface area contributed by atoms with Gasteiger partial charge in [-0.2, -0.15) is 0 Å². The quantitative estimate of drug-likeness (QED) is 0.170. The Balaban J connectivity index is 0.953. The first kappa shape index (κ1) is 31.9. The molecule has 0 radical (unpaired) electrons. The van der Waals surface area contributed by atoms with Gasteiger partial charge in [-0.05, 0) is 114 Å². The second-order valence-corrected chi connectivity index (χ2v) is 16.3. The van der Waals surface area contributed by atoms with Crippen molar-refractivity contribution >= 4 is 33.0 Å². The molecule has 0 unspecified atom stereocenters. The number of fused-ring (bicyclic) bond motifs is 4. The molecule has 0 N–H and O–H groups in total. The fourth-order valence-corrected chi connectivity index (χ4v) is 10.8. The van der Waals surface area contributed by atoms with Crippen LogP contribution in [0.2, 0.25) is 0 Å². The van der Waals surface area contributed by atoms with Gasteiger partial charge < -0.3 is 8.83 Å². The van der Waals surface area contributed by atoms with Gasteiger partial charge in [0.1, 0.15) is 16.7 Å². The molecule has 4 saturated carbocycles. The Bertz CT molecular complexity index is 2900. The van der Waals surface area contributed by atoms with Crippen molar-refractivity contribution in [2.24, 2.45) is 23.7 Å². The molecule has 13 rings (SSSR count). The number of hydrogen-bond donors (Lipinski definition) is 0.